The van der Waals surface area contributed by atoms with E-state index in [-0.39, 0.29) is 5.91 Å². The second kappa shape index (κ2) is 7.59. The summed E-state index contributed by atoms with van der Waals surface area (Å²) in [6.45, 7) is 1.54. The number of amides is 1. The zero-order chi connectivity index (χ0) is 20.0. The number of thiophene rings is 1. The van der Waals surface area contributed by atoms with Crippen molar-refractivity contribution in [3.8, 4) is 16.9 Å². The van der Waals surface area contributed by atoms with E-state index in [1.165, 1.54) is 0 Å². The number of carbonyl (C=O) groups excluding carboxylic acids is 1. The minimum atomic E-state index is -0.478. The maximum Gasteiger partial charge on any atom is 0.263 e. The van der Waals surface area contributed by atoms with Crippen LogP contribution < -0.4 is 10.1 Å². The van der Waals surface area contributed by atoms with E-state index < -0.39 is 6.10 Å². The molecule has 0 saturated carbocycles. The van der Waals surface area contributed by atoms with Gasteiger partial charge in [-0.05, 0) is 49.5 Å². The molecule has 0 bridgehead atoms. The smallest absolute Gasteiger partial charge is 0.263 e. The second-order valence-electron chi connectivity index (χ2n) is 7.63. The molecule has 2 aliphatic rings. The molecule has 5 rings (SSSR count). The molecule has 3 aromatic rings. The number of fused-ring (bicyclic) bond motifs is 2. The van der Waals surface area contributed by atoms with Crippen LogP contribution in [-0.2, 0) is 11.2 Å². The molecule has 5 nitrogen and oxygen atoms in total. The SMILES string of the molecule is CNC1CCN(C(=O)C2Cc3cc(Cl)cc(-c4ccnc5ccsc45)c3O2)CC1. The summed E-state index contributed by atoms with van der Waals surface area (Å²) in [6.07, 6.45) is 3.85. The molecule has 0 spiro atoms. The lowest BCUT2D eigenvalue weighted by molar-refractivity contribution is -0.139. The Bertz CT molecular complexity index is 1080. The highest BCUT2D eigenvalue weighted by molar-refractivity contribution is 7.17. The standard InChI is InChI=1S/C22H22ClN3O2S/c1-24-15-3-7-26(8-4-15)22(27)19-11-13-10-14(23)12-17(20(13)28-19)16-2-6-25-18-5-9-29-21(16)18/h2,5-6,9-10,12,15,19,24H,3-4,7-8,11H2,1H3. The van der Waals surface area contributed by atoms with Crippen LogP contribution in [-0.4, -0.2) is 48.1 Å². The molecule has 1 fully saturated rings. The van der Waals surface area contributed by atoms with Gasteiger partial charge in [0.15, 0.2) is 6.10 Å². The van der Waals surface area contributed by atoms with Crippen LogP contribution in [0.3, 0.4) is 0 Å². The van der Waals surface area contributed by atoms with Gasteiger partial charge in [-0.3, -0.25) is 9.78 Å². The number of halogens is 1. The van der Waals surface area contributed by atoms with Gasteiger partial charge in [0, 0.05) is 53.5 Å². The highest BCUT2D eigenvalue weighted by atomic mass is 35.5. The molecule has 0 radical (unpaired) electrons. The lowest BCUT2D eigenvalue weighted by Gasteiger charge is -2.33. The molecular formula is C22H22ClN3O2S. The third-order valence-corrected chi connectivity index (χ3v) is 7.08. The van der Waals surface area contributed by atoms with Crippen LogP contribution in [0.4, 0.5) is 0 Å². The van der Waals surface area contributed by atoms with Crippen LogP contribution in [0.1, 0.15) is 18.4 Å². The molecule has 1 unspecified atom stereocenters. The third-order valence-electron chi connectivity index (χ3n) is 5.92. The summed E-state index contributed by atoms with van der Waals surface area (Å²) in [6, 6.07) is 8.35. The van der Waals surface area contributed by atoms with E-state index in [1.54, 1.807) is 17.5 Å². The van der Waals surface area contributed by atoms with Crippen molar-refractivity contribution < 1.29 is 9.53 Å². The van der Waals surface area contributed by atoms with Crippen molar-refractivity contribution in [3.63, 3.8) is 0 Å². The second-order valence-corrected chi connectivity index (χ2v) is 8.99. The number of rotatable bonds is 3. The Morgan fingerprint density at radius 2 is 2.10 bits per heavy atom. The zero-order valence-electron chi connectivity index (χ0n) is 16.2. The van der Waals surface area contributed by atoms with Gasteiger partial charge in [0.25, 0.3) is 5.91 Å². The molecule has 2 aromatic heterocycles. The Hall–Kier alpha value is -2.15. The van der Waals surface area contributed by atoms with Crippen LogP contribution in [0.5, 0.6) is 5.75 Å². The van der Waals surface area contributed by atoms with Gasteiger partial charge in [-0.25, -0.2) is 0 Å². The Balaban J connectivity index is 1.45. The lowest BCUT2D eigenvalue weighted by Crippen LogP contribution is -2.48. The maximum absolute atomic E-state index is 13.1. The summed E-state index contributed by atoms with van der Waals surface area (Å²) in [7, 11) is 1.98. The summed E-state index contributed by atoms with van der Waals surface area (Å²) in [5.74, 6) is 0.854. The molecule has 7 heteroatoms. The highest BCUT2D eigenvalue weighted by Crippen LogP contribution is 2.44. The first-order valence-electron chi connectivity index (χ1n) is 9.91. The van der Waals surface area contributed by atoms with E-state index in [4.69, 9.17) is 16.3 Å². The number of nitrogens with one attached hydrogen (secondary N) is 1. The summed E-state index contributed by atoms with van der Waals surface area (Å²) in [4.78, 5) is 19.5. The summed E-state index contributed by atoms with van der Waals surface area (Å²) >= 11 is 8.09. The molecular weight excluding hydrogens is 406 g/mol. The van der Waals surface area contributed by atoms with Crippen molar-refractivity contribution in [3.05, 3.63) is 46.4 Å². The number of nitrogens with zero attached hydrogens (tertiary/aromatic N) is 2. The predicted octanol–water partition coefficient (Wildman–Crippen LogP) is 4.13. The predicted molar refractivity (Wildman–Crippen MR) is 117 cm³/mol. The lowest BCUT2D eigenvalue weighted by atomic mass is 10.00. The van der Waals surface area contributed by atoms with Crippen molar-refractivity contribution in [2.45, 2.75) is 31.4 Å². The van der Waals surface area contributed by atoms with Crippen molar-refractivity contribution in [2.75, 3.05) is 20.1 Å². The van der Waals surface area contributed by atoms with Crippen LogP contribution in [0.2, 0.25) is 5.02 Å². The van der Waals surface area contributed by atoms with Gasteiger partial charge in [-0.15, -0.1) is 11.3 Å². The first-order chi connectivity index (χ1) is 14.1. The van der Waals surface area contributed by atoms with Gasteiger partial charge in [0.2, 0.25) is 0 Å². The van der Waals surface area contributed by atoms with Crippen LogP contribution in [0, 0.1) is 0 Å². The Morgan fingerprint density at radius 1 is 1.28 bits per heavy atom. The molecule has 150 valence electrons. The minimum Gasteiger partial charge on any atom is -0.479 e. The minimum absolute atomic E-state index is 0.0776. The number of pyridine rings is 1. The molecule has 1 amide bonds. The van der Waals surface area contributed by atoms with Crippen molar-refractivity contribution in [1.29, 1.82) is 0 Å². The first kappa shape index (κ1) is 18.9. The molecule has 0 aliphatic carbocycles. The Morgan fingerprint density at radius 3 is 2.90 bits per heavy atom. The van der Waals surface area contributed by atoms with E-state index in [9.17, 15) is 4.79 Å². The number of likely N-dealkylation sites (tertiary alicyclic amines) is 1. The summed E-state index contributed by atoms with van der Waals surface area (Å²) in [5, 5.41) is 6.00. The van der Waals surface area contributed by atoms with E-state index in [1.807, 2.05) is 41.6 Å². The van der Waals surface area contributed by atoms with Gasteiger partial charge in [-0.2, -0.15) is 0 Å². The van der Waals surface area contributed by atoms with Crippen LogP contribution in [0.15, 0.2) is 35.8 Å². The highest BCUT2D eigenvalue weighted by Gasteiger charge is 2.35. The van der Waals surface area contributed by atoms with Crippen molar-refractivity contribution >= 4 is 39.1 Å². The summed E-state index contributed by atoms with van der Waals surface area (Å²) < 4.78 is 7.36. The number of hydrogen-bond donors (Lipinski definition) is 1. The van der Waals surface area contributed by atoms with Crippen LogP contribution in [0.25, 0.3) is 21.3 Å². The Labute approximate surface area is 178 Å². The number of hydrogen-bond acceptors (Lipinski definition) is 5. The topological polar surface area (TPSA) is 54.5 Å². The average Bonchev–Trinajstić information content (AvgIpc) is 3.39. The molecule has 1 atom stereocenters. The largest absolute Gasteiger partial charge is 0.479 e. The molecule has 2 aliphatic heterocycles. The van der Waals surface area contributed by atoms with Gasteiger partial charge in [0.1, 0.15) is 5.75 Å². The van der Waals surface area contributed by atoms with Crippen LogP contribution >= 0.6 is 22.9 Å². The fraction of sp³-hybridized carbons (Fsp3) is 0.364. The average molecular weight is 428 g/mol. The van der Waals surface area contributed by atoms with Gasteiger partial charge in [-0.1, -0.05) is 11.6 Å². The molecule has 1 N–H and O–H groups in total. The normalized spacial score (nSPS) is 19.4. The van der Waals surface area contributed by atoms with Crippen molar-refractivity contribution in [2.24, 2.45) is 0 Å². The van der Waals surface area contributed by atoms with E-state index in [0.717, 1.165) is 58.6 Å². The quantitative estimate of drug-likeness (QED) is 0.682. The first-order valence-corrected chi connectivity index (χ1v) is 11.2. The monoisotopic (exact) mass is 427 g/mol. The van der Waals surface area contributed by atoms with Gasteiger partial charge < -0.3 is 15.0 Å². The van der Waals surface area contributed by atoms with E-state index in [2.05, 4.69) is 10.3 Å². The number of aromatic nitrogens is 1. The van der Waals surface area contributed by atoms with Crippen molar-refractivity contribution in [1.82, 2.24) is 15.2 Å². The zero-order valence-corrected chi connectivity index (χ0v) is 17.7. The molecule has 1 aromatic carbocycles. The number of ether oxygens (including phenoxy) is 1. The third kappa shape index (κ3) is 3.39. The summed E-state index contributed by atoms with van der Waals surface area (Å²) in [5.41, 5.74) is 3.94. The Kier molecular flexibility index (Phi) is 4.94. The van der Waals surface area contributed by atoms with Gasteiger partial charge >= 0.3 is 0 Å². The maximum atomic E-state index is 13.1. The molecule has 1 saturated heterocycles. The fourth-order valence-electron chi connectivity index (χ4n) is 4.34. The van der Waals surface area contributed by atoms with E-state index >= 15 is 0 Å². The number of carbonyl (C=O) groups is 1. The number of benzene rings is 1. The van der Waals surface area contributed by atoms with Gasteiger partial charge in [0.05, 0.1) is 10.2 Å². The van der Waals surface area contributed by atoms with E-state index in [0.29, 0.717) is 17.5 Å². The molecule has 29 heavy (non-hydrogen) atoms. The number of piperidine rings is 1. The molecule has 4 heterocycles. The fourth-order valence-corrected chi connectivity index (χ4v) is 5.46.